The Labute approximate surface area is 138 Å². The molecule has 1 aliphatic heterocycles. The molecule has 0 amide bonds. The summed E-state index contributed by atoms with van der Waals surface area (Å²) in [7, 11) is -3.40. The number of hydrogen-bond donors (Lipinski definition) is 0. The van der Waals surface area contributed by atoms with Crippen molar-refractivity contribution in [1.29, 1.82) is 0 Å². The normalized spacial score (nSPS) is 19.5. The molecule has 2 aromatic rings. The second-order valence-electron chi connectivity index (χ2n) is 6.73. The van der Waals surface area contributed by atoms with E-state index in [9.17, 15) is 8.42 Å². The van der Waals surface area contributed by atoms with Gasteiger partial charge in [0, 0.05) is 18.7 Å². The molecular formula is C19H21NO2S. The zero-order valence-corrected chi connectivity index (χ0v) is 13.9. The van der Waals surface area contributed by atoms with Gasteiger partial charge in [0.2, 0.25) is 10.0 Å². The average molecular weight is 327 g/mol. The molecular weight excluding hydrogens is 306 g/mol. The van der Waals surface area contributed by atoms with Gasteiger partial charge >= 0.3 is 0 Å². The third kappa shape index (κ3) is 2.93. The molecule has 2 aromatic carbocycles. The molecule has 0 N–H and O–H groups in total. The summed E-state index contributed by atoms with van der Waals surface area (Å²) >= 11 is 0. The van der Waals surface area contributed by atoms with Crippen molar-refractivity contribution in [3.63, 3.8) is 0 Å². The number of sulfonamides is 1. The molecule has 2 fully saturated rings. The topological polar surface area (TPSA) is 37.4 Å². The van der Waals surface area contributed by atoms with Crippen LogP contribution in [0.3, 0.4) is 0 Å². The lowest BCUT2D eigenvalue weighted by molar-refractivity contribution is 0.183. The summed E-state index contributed by atoms with van der Waals surface area (Å²) in [5, 5.41) is 0. The van der Waals surface area contributed by atoms with E-state index >= 15 is 0 Å². The summed E-state index contributed by atoms with van der Waals surface area (Å²) < 4.78 is 27.6. The Morgan fingerprint density at radius 2 is 1.52 bits per heavy atom. The van der Waals surface area contributed by atoms with Gasteiger partial charge in [-0.2, -0.15) is 4.31 Å². The van der Waals surface area contributed by atoms with Crippen LogP contribution in [0.1, 0.15) is 19.3 Å². The lowest BCUT2D eigenvalue weighted by atomic mass is 9.97. The summed E-state index contributed by atoms with van der Waals surface area (Å²) in [6, 6.07) is 17.1. The fraction of sp³-hybridized carbons (Fsp3) is 0.368. The summed E-state index contributed by atoms with van der Waals surface area (Å²) in [6.07, 6.45) is 3.87. The largest absolute Gasteiger partial charge is 0.243 e. The van der Waals surface area contributed by atoms with E-state index in [4.69, 9.17) is 0 Å². The molecule has 0 atom stereocenters. The molecule has 120 valence electrons. The Morgan fingerprint density at radius 3 is 2.22 bits per heavy atom. The highest BCUT2D eigenvalue weighted by Gasteiger charge is 2.39. The Balaban J connectivity index is 1.60. The lowest BCUT2D eigenvalue weighted by Crippen LogP contribution is -2.49. The predicted octanol–water partition coefficient (Wildman–Crippen LogP) is 3.77. The van der Waals surface area contributed by atoms with Gasteiger partial charge in [-0.3, -0.25) is 0 Å². The Bertz CT molecular complexity index is 791. The van der Waals surface area contributed by atoms with Crippen LogP contribution < -0.4 is 0 Å². The second-order valence-corrected chi connectivity index (χ2v) is 8.64. The molecule has 0 spiro atoms. The first-order valence-corrected chi connectivity index (χ1v) is 9.73. The van der Waals surface area contributed by atoms with Gasteiger partial charge in [0.15, 0.2) is 0 Å². The van der Waals surface area contributed by atoms with Crippen LogP contribution in [0.2, 0.25) is 0 Å². The molecule has 1 saturated heterocycles. The van der Waals surface area contributed by atoms with Gasteiger partial charge in [-0.15, -0.1) is 0 Å². The van der Waals surface area contributed by atoms with E-state index in [-0.39, 0.29) is 0 Å². The van der Waals surface area contributed by atoms with E-state index in [0.717, 1.165) is 17.0 Å². The number of nitrogens with zero attached hydrogens (tertiary/aromatic N) is 1. The van der Waals surface area contributed by atoms with E-state index in [0.29, 0.717) is 23.9 Å². The van der Waals surface area contributed by atoms with Gasteiger partial charge in [0.25, 0.3) is 0 Å². The summed E-state index contributed by atoms with van der Waals surface area (Å²) in [5.74, 6) is 1.42. The highest BCUT2D eigenvalue weighted by Crippen LogP contribution is 2.40. The zero-order chi connectivity index (χ0) is 15.9. The Morgan fingerprint density at radius 1 is 0.870 bits per heavy atom. The number of hydrogen-bond acceptors (Lipinski definition) is 2. The third-order valence-electron chi connectivity index (χ3n) is 4.88. The Hall–Kier alpha value is -1.65. The molecule has 1 aliphatic carbocycles. The Kier molecular flexibility index (Phi) is 3.74. The van der Waals surface area contributed by atoms with Gasteiger partial charge < -0.3 is 0 Å². The molecule has 1 heterocycles. The van der Waals surface area contributed by atoms with Gasteiger partial charge in [-0.05, 0) is 29.9 Å². The van der Waals surface area contributed by atoms with Crippen LogP contribution in [0.4, 0.5) is 0 Å². The van der Waals surface area contributed by atoms with Crippen molar-refractivity contribution >= 4 is 10.0 Å². The van der Waals surface area contributed by atoms with E-state index < -0.39 is 10.0 Å². The second kappa shape index (κ2) is 5.77. The first-order chi connectivity index (χ1) is 11.1. The average Bonchev–Trinajstić information content (AvgIpc) is 3.35. The minimum Gasteiger partial charge on any atom is -0.207 e. The maximum Gasteiger partial charge on any atom is 0.243 e. The molecule has 0 radical (unpaired) electrons. The molecule has 0 aromatic heterocycles. The minimum atomic E-state index is -3.40. The predicted molar refractivity (Wildman–Crippen MR) is 91.5 cm³/mol. The third-order valence-corrected chi connectivity index (χ3v) is 6.77. The van der Waals surface area contributed by atoms with Crippen molar-refractivity contribution in [3.8, 4) is 11.1 Å². The van der Waals surface area contributed by atoms with Crippen molar-refractivity contribution in [2.75, 3.05) is 13.1 Å². The van der Waals surface area contributed by atoms with Crippen LogP contribution in [0.15, 0.2) is 59.5 Å². The molecule has 0 bridgehead atoms. The monoisotopic (exact) mass is 327 g/mol. The van der Waals surface area contributed by atoms with Crippen molar-refractivity contribution in [2.45, 2.75) is 24.2 Å². The van der Waals surface area contributed by atoms with E-state index in [1.165, 1.54) is 19.3 Å². The van der Waals surface area contributed by atoms with Crippen LogP contribution in [0.5, 0.6) is 0 Å². The lowest BCUT2D eigenvalue weighted by Gasteiger charge is -2.38. The smallest absolute Gasteiger partial charge is 0.207 e. The summed E-state index contributed by atoms with van der Waals surface area (Å²) in [6.45, 7) is 1.36. The minimum absolute atomic E-state index is 0.427. The van der Waals surface area contributed by atoms with Crippen LogP contribution in [0.25, 0.3) is 11.1 Å². The number of benzene rings is 2. The fourth-order valence-corrected chi connectivity index (χ4v) is 5.19. The highest BCUT2D eigenvalue weighted by molar-refractivity contribution is 7.89. The summed E-state index contributed by atoms with van der Waals surface area (Å²) in [4.78, 5) is 0.427. The zero-order valence-electron chi connectivity index (χ0n) is 13.1. The van der Waals surface area contributed by atoms with Gasteiger partial charge in [0.1, 0.15) is 0 Å². The van der Waals surface area contributed by atoms with Crippen molar-refractivity contribution in [3.05, 3.63) is 54.6 Å². The van der Waals surface area contributed by atoms with E-state index in [1.807, 2.05) is 42.5 Å². The molecule has 2 aliphatic rings. The fourth-order valence-electron chi connectivity index (χ4n) is 3.38. The van der Waals surface area contributed by atoms with Crippen LogP contribution in [-0.2, 0) is 10.0 Å². The maximum atomic E-state index is 13.0. The molecule has 0 unspecified atom stereocenters. The van der Waals surface area contributed by atoms with Crippen molar-refractivity contribution in [2.24, 2.45) is 11.8 Å². The van der Waals surface area contributed by atoms with Gasteiger partial charge in [-0.25, -0.2) is 8.42 Å². The van der Waals surface area contributed by atoms with Crippen LogP contribution in [0, 0.1) is 11.8 Å². The molecule has 3 nitrogen and oxygen atoms in total. The molecule has 4 heteroatoms. The standard InChI is InChI=1S/C19H21NO2S/c21-23(22,20-13-16(14-20)12-15-10-11-15)19-9-5-4-8-18(19)17-6-2-1-3-7-17/h1-9,15-16H,10-14H2. The maximum absolute atomic E-state index is 13.0. The van der Waals surface area contributed by atoms with Crippen LogP contribution >= 0.6 is 0 Å². The van der Waals surface area contributed by atoms with E-state index in [1.54, 1.807) is 16.4 Å². The summed E-state index contributed by atoms with van der Waals surface area (Å²) in [5.41, 5.74) is 1.74. The van der Waals surface area contributed by atoms with Gasteiger partial charge in [0.05, 0.1) is 4.90 Å². The number of rotatable bonds is 5. The SMILES string of the molecule is O=S(=O)(c1ccccc1-c1ccccc1)N1CC(CC2CC2)C1. The molecule has 23 heavy (non-hydrogen) atoms. The van der Waals surface area contributed by atoms with Crippen LogP contribution in [-0.4, -0.2) is 25.8 Å². The first kappa shape index (κ1) is 14.9. The van der Waals surface area contributed by atoms with E-state index in [2.05, 4.69) is 0 Å². The highest BCUT2D eigenvalue weighted by atomic mass is 32.2. The van der Waals surface area contributed by atoms with Gasteiger partial charge in [-0.1, -0.05) is 61.4 Å². The quantitative estimate of drug-likeness (QED) is 0.838. The molecule has 1 saturated carbocycles. The molecule has 4 rings (SSSR count). The van der Waals surface area contributed by atoms with Crippen molar-refractivity contribution in [1.82, 2.24) is 4.31 Å². The first-order valence-electron chi connectivity index (χ1n) is 8.29. The van der Waals surface area contributed by atoms with Crippen molar-refractivity contribution < 1.29 is 8.42 Å².